The quantitative estimate of drug-likeness (QED) is 0.172. The van der Waals surface area contributed by atoms with Crippen molar-refractivity contribution in [2.45, 2.75) is 38.5 Å². The molecule has 1 aromatic heterocycles. The van der Waals surface area contributed by atoms with E-state index in [4.69, 9.17) is 0 Å². The minimum absolute atomic E-state index is 0.0506. The van der Waals surface area contributed by atoms with Crippen LogP contribution in [0.25, 0.3) is 54.8 Å². The van der Waals surface area contributed by atoms with E-state index in [2.05, 4.69) is 145 Å². The van der Waals surface area contributed by atoms with E-state index in [9.17, 15) is 8.78 Å². The molecule has 0 bridgehead atoms. The predicted octanol–water partition coefficient (Wildman–Crippen LogP) is 11.7. The largest absolute Gasteiger partial charge is 0.314 e. The molecule has 0 saturated heterocycles. The predicted molar refractivity (Wildman–Crippen MR) is 202 cm³/mol. The number of anilines is 3. The Kier molecular flexibility index (Phi) is 6.01. The lowest BCUT2D eigenvalue weighted by atomic mass is 9.72. The summed E-state index contributed by atoms with van der Waals surface area (Å²) in [5, 5.41) is 7.59. The lowest BCUT2D eigenvalue weighted by Crippen LogP contribution is -2.31. The van der Waals surface area contributed by atoms with Crippen molar-refractivity contribution in [2.75, 3.05) is 4.90 Å². The number of para-hydroxylation sites is 1. The molecule has 6 heteroatoms. The third kappa shape index (κ3) is 4.13. The third-order valence-corrected chi connectivity index (χ3v) is 11.3. The van der Waals surface area contributed by atoms with E-state index in [0.717, 1.165) is 17.1 Å². The zero-order valence-corrected chi connectivity index (χ0v) is 28.6. The smallest absolute Gasteiger partial charge is 0.310 e. The SMILES string of the molecule is CC1(C)c2cc3c(cc2-c2cc4c5ccccc5c5ccccc5c4cc21)C(C)(C)c1ccccc1N3c1cccc(-c2nc(F)nc(F)n2)c1. The maximum absolute atomic E-state index is 14.1. The van der Waals surface area contributed by atoms with Gasteiger partial charge in [0.05, 0.1) is 11.4 Å². The highest BCUT2D eigenvalue weighted by Gasteiger charge is 2.42. The molecular weight excluding hydrogens is 635 g/mol. The number of halogens is 2. The van der Waals surface area contributed by atoms with Crippen LogP contribution in [0.3, 0.4) is 0 Å². The van der Waals surface area contributed by atoms with Crippen LogP contribution in [0.5, 0.6) is 0 Å². The minimum Gasteiger partial charge on any atom is -0.310 e. The number of hydrogen-bond donors (Lipinski definition) is 0. The van der Waals surface area contributed by atoms with Crippen LogP contribution in [0.15, 0.2) is 121 Å². The molecule has 1 aliphatic carbocycles. The van der Waals surface area contributed by atoms with E-state index in [1.165, 1.54) is 65.7 Å². The van der Waals surface area contributed by atoms with Gasteiger partial charge in [0.15, 0.2) is 5.82 Å². The molecule has 7 aromatic carbocycles. The average molecular weight is 667 g/mol. The molecule has 2 heterocycles. The fourth-order valence-corrected chi connectivity index (χ4v) is 8.84. The molecule has 0 amide bonds. The number of rotatable bonds is 2. The second-order valence-corrected chi connectivity index (χ2v) is 14.8. The second-order valence-electron chi connectivity index (χ2n) is 14.8. The number of fused-ring (bicyclic) bond motifs is 11. The number of nitrogens with zero attached hydrogens (tertiary/aromatic N) is 4. The van der Waals surface area contributed by atoms with Gasteiger partial charge in [-0.25, -0.2) is 0 Å². The zero-order chi connectivity index (χ0) is 34.8. The van der Waals surface area contributed by atoms with Crippen LogP contribution in [-0.4, -0.2) is 15.0 Å². The monoisotopic (exact) mass is 666 g/mol. The van der Waals surface area contributed by atoms with Crippen molar-refractivity contribution in [2.24, 2.45) is 0 Å². The van der Waals surface area contributed by atoms with Gasteiger partial charge in [-0.1, -0.05) is 107 Å². The van der Waals surface area contributed by atoms with Gasteiger partial charge >= 0.3 is 12.2 Å². The van der Waals surface area contributed by atoms with Gasteiger partial charge in [0.25, 0.3) is 0 Å². The Morgan fingerprint density at radius 1 is 0.451 bits per heavy atom. The molecule has 4 nitrogen and oxygen atoms in total. The Labute approximate surface area is 294 Å². The zero-order valence-electron chi connectivity index (χ0n) is 28.6. The van der Waals surface area contributed by atoms with Crippen LogP contribution < -0.4 is 4.90 Å². The molecule has 1 aliphatic heterocycles. The molecule has 10 rings (SSSR count). The molecule has 51 heavy (non-hydrogen) atoms. The molecule has 0 N–H and O–H groups in total. The highest BCUT2D eigenvalue weighted by atomic mass is 19.1. The van der Waals surface area contributed by atoms with Gasteiger partial charge in [-0.2, -0.15) is 23.7 Å². The summed E-state index contributed by atoms with van der Waals surface area (Å²) in [5.74, 6) is -0.0506. The first-order valence-corrected chi connectivity index (χ1v) is 17.3. The Hall–Kier alpha value is -6.01. The van der Waals surface area contributed by atoms with Crippen LogP contribution in [0.2, 0.25) is 0 Å². The molecule has 0 radical (unpaired) electrons. The summed E-state index contributed by atoms with van der Waals surface area (Å²) in [7, 11) is 0. The van der Waals surface area contributed by atoms with E-state index in [1.54, 1.807) is 6.07 Å². The van der Waals surface area contributed by atoms with Gasteiger partial charge in [0.2, 0.25) is 0 Å². The van der Waals surface area contributed by atoms with Crippen molar-refractivity contribution in [1.29, 1.82) is 0 Å². The molecule has 0 spiro atoms. The first-order chi connectivity index (χ1) is 24.6. The van der Waals surface area contributed by atoms with Crippen LogP contribution in [0.4, 0.5) is 25.8 Å². The first kappa shape index (κ1) is 29.9. The number of aromatic nitrogens is 3. The van der Waals surface area contributed by atoms with E-state index >= 15 is 0 Å². The molecule has 8 aromatic rings. The molecular formula is C45H32F2N4. The summed E-state index contributed by atoms with van der Waals surface area (Å²) < 4.78 is 28.2. The lowest BCUT2D eigenvalue weighted by Gasteiger charge is -2.43. The average Bonchev–Trinajstić information content (AvgIpc) is 3.35. The summed E-state index contributed by atoms with van der Waals surface area (Å²) in [6.07, 6.45) is -2.30. The maximum Gasteiger partial charge on any atom is 0.314 e. The molecule has 0 atom stereocenters. The minimum atomic E-state index is -1.15. The topological polar surface area (TPSA) is 41.9 Å². The molecule has 0 saturated carbocycles. The molecule has 2 aliphatic rings. The van der Waals surface area contributed by atoms with Crippen molar-refractivity contribution in [3.8, 4) is 22.5 Å². The summed E-state index contributed by atoms with van der Waals surface area (Å²) in [6.45, 7) is 9.25. The fraction of sp³-hybridized carbons (Fsp3) is 0.133. The number of benzene rings is 7. The molecule has 246 valence electrons. The summed E-state index contributed by atoms with van der Waals surface area (Å²) in [4.78, 5) is 13.0. The summed E-state index contributed by atoms with van der Waals surface area (Å²) >= 11 is 0. The highest BCUT2D eigenvalue weighted by molar-refractivity contribution is 6.26. The number of hydrogen-bond acceptors (Lipinski definition) is 4. The Balaban J connectivity index is 1.24. The normalized spacial score (nSPS) is 15.1. The van der Waals surface area contributed by atoms with Gasteiger partial charge in [-0.3, -0.25) is 0 Å². The van der Waals surface area contributed by atoms with Gasteiger partial charge in [-0.15, -0.1) is 0 Å². The Morgan fingerprint density at radius 3 is 1.69 bits per heavy atom. The van der Waals surface area contributed by atoms with Gasteiger partial charge in [0.1, 0.15) is 0 Å². The maximum atomic E-state index is 14.1. The van der Waals surface area contributed by atoms with Gasteiger partial charge in [0, 0.05) is 22.1 Å². The molecule has 0 unspecified atom stereocenters. The Bertz CT molecular complexity index is 2780. The second kappa shape index (κ2) is 10.3. The van der Waals surface area contributed by atoms with Crippen molar-refractivity contribution < 1.29 is 8.78 Å². The van der Waals surface area contributed by atoms with E-state index in [-0.39, 0.29) is 16.7 Å². The Morgan fingerprint density at radius 2 is 1.00 bits per heavy atom. The summed E-state index contributed by atoms with van der Waals surface area (Å²) in [5.41, 5.74) is 10.4. The van der Waals surface area contributed by atoms with Crippen molar-refractivity contribution in [3.63, 3.8) is 0 Å². The highest BCUT2D eigenvalue weighted by Crippen LogP contribution is 2.58. The third-order valence-electron chi connectivity index (χ3n) is 11.3. The van der Waals surface area contributed by atoms with Gasteiger partial charge in [-0.05, 0) is 108 Å². The van der Waals surface area contributed by atoms with E-state index < -0.39 is 12.2 Å². The molecule has 0 fully saturated rings. The van der Waals surface area contributed by atoms with Crippen molar-refractivity contribution in [3.05, 3.63) is 156 Å². The van der Waals surface area contributed by atoms with Crippen LogP contribution in [0, 0.1) is 12.2 Å². The fourth-order valence-electron chi connectivity index (χ4n) is 8.84. The van der Waals surface area contributed by atoms with Crippen LogP contribution in [0.1, 0.15) is 49.9 Å². The van der Waals surface area contributed by atoms with Crippen LogP contribution in [-0.2, 0) is 10.8 Å². The summed E-state index contributed by atoms with van der Waals surface area (Å²) in [6, 6.07) is 43.2. The standard InChI is InChI=1S/C45H32F2N4/c1-44(2)35-18-9-10-19-39(35)51(26-13-11-12-25(20-26)41-48-42(46)50-43(47)49-41)40-24-37-34(23-38(40)44)33-21-31-29-16-7-5-14-27(29)28-15-6-8-17-30(28)32(31)22-36(33)45(37,3)4/h5-24H,1-4H3. The lowest BCUT2D eigenvalue weighted by molar-refractivity contribution is 0.457. The van der Waals surface area contributed by atoms with Gasteiger partial charge < -0.3 is 4.90 Å². The van der Waals surface area contributed by atoms with Crippen molar-refractivity contribution >= 4 is 49.4 Å². The first-order valence-electron chi connectivity index (χ1n) is 17.3. The van der Waals surface area contributed by atoms with E-state index in [1.807, 2.05) is 18.2 Å². The van der Waals surface area contributed by atoms with Crippen molar-refractivity contribution in [1.82, 2.24) is 15.0 Å². The van der Waals surface area contributed by atoms with Crippen LogP contribution >= 0.6 is 0 Å². The van der Waals surface area contributed by atoms with E-state index in [0.29, 0.717) is 5.56 Å².